The fourth-order valence-electron chi connectivity index (χ4n) is 2.69. The molecule has 1 unspecified atom stereocenters. The molecule has 0 aromatic heterocycles. The Hall–Kier alpha value is -1.14. The molecule has 2 rings (SSSR count). The molecule has 2 aliphatic rings. The third-order valence-corrected chi connectivity index (χ3v) is 3.64. The number of hydrogen-bond acceptors (Lipinski definition) is 4. The first-order valence-electron chi connectivity index (χ1n) is 6.69. The minimum absolute atomic E-state index is 0.00712. The molecule has 6 nitrogen and oxygen atoms in total. The first-order chi connectivity index (χ1) is 8.66. The zero-order valence-electron chi connectivity index (χ0n) is 10.7. The fourth-order valence-corrected chi connectivity index (χ4v) is 2.69. The molecule has 1 atom stereocenters. The molecule has 0 bridgehead atoms. The number of amides is 2. The molecule has 0 aliphatic carbocycles. The summed E-state index contributed by atoms with van der Waals surface area (Å²) in [4.78, 5) is 27.1. The predicted octanol–water partition coefficient (Wildman–Crippen LogP) is -1.24. The van der Waals surface area contributed by atoms with Crippen LogP contribution in [0.3, 0.4) is 0 Å². The van der Waals surface area contributed by atoms with Gasteiger partial charge in [-0.2, -0.15) is 0 Å². The second-order valence-electron chi connectivity index (χ2n) is 5.07. The molecule has 0 spiro atoms. The second kappa shape index (κ2) is 6.15. The highest BCUT2D eigenvalue weighted by atomic mass is 16.2. The monoisotopic (exact) mass is 254 g/mol. The lowest BCUT2D eigenvalue weighted by molar-refractivity contribution is -0.132. The zero-order valence-corrected chi connectivity index (χ0v) is 10.7. The molecule has 2 fully saturated rings. The van der Waals surface area contributed by atoms with Crippen molar-refractivity contribution in [2.24, 2.45) is 5.73 Å². The summed E-state index contributed by atoms with van der Waals surface area (Å²) in [6.07, 6.45) is 2.93. The highest BCUT2D eigenvalue weighted by Crippen LogP contribution is 2.11. The van der Waals surface area contributed by atoms with Crippen molar-refractivity contribution in [1.82, 2.24) is 15.1 Å². The van der Waals surface area contributed by atoms with Crippen molar-refractivity contribution in [3.63, 3.8) is 0 Å². The predicted molar refractivity (Wildman–Crippen MR) is 67.9 cm³/mol. The summed E-state index contributed by atoms with van der Waals surface area (Å²) >= 11 is 0. The maximum atomic E-state index is 12.2. The van der Waals surface area contributed by atoms with Gasteiger partial charge in [-0.15, -0.1) is 0 Å². The Balaban J connectivity index is 1.84. The van der Waals surface area contributed by atoms with Gasteiger partial charge in [0.1, 0.15) is 0 Å². The highest BCUT2D eigenvalue weighted by Gasteiger charge is 2.28. The molecule has 0 radical (unpaired) electrons. The number of primary amides is 1. The van der Waals surface area contributed by atoms with Crippen LogP contribution in [-0.4, -0.2) is 66.9 Å². The molecule has 0 saturated carbocycles. The van der Waals surface area contributed by atoms with E-state index < -0.39 is 0 Å². The van der Waals surface area contributed by atoms with E-state index in [1.165, 1.54) is 0 Å². The van der Waals surface area contributed by atoms with Crippen LogP contribution < -0.4 is 11.1 Å². The minimum atomic E-state index is -0.299. The summed E-state index contributed by atoms with van der Waals surface area (Å²) < 4.78 is 0. The van der Waals surface area contributed by atoms with E-state index in [1.54, 1.807) is 0 Å². The molecule has 2 saturated heterocycles. The minimum Gasteiger partial charge on any atom is -0.369 e. The first kappa shape index (κ1) is 13.3. The van der Waals surface area contributed by atoms with Gasteiger partial charge in [0.25, 0.3) is 0 Å². The van der Waals surface area contributed by atoms with E-state index >= 15 is 0 Å². The van der Waals surface area contributed by atoms with Crippen LogP contribution in [0, 0.1) is 0 Å². The van der Waals surface area contributed by atoms with E-state index in [9.17, 15) is 9.59 Å². The topological polar surface area (TPSA) is 78.7 Å². The van der Waals surface area contributed by atoms with E-state index in [0.717, 1.165) is 45.4 Å². The van der Waals surface area contributed by atoms with E-state index in [0.29, 0.717) is 13.1 Å². The van der Waals surface area contributed by atoms with Crippen LogP contribution in [-0.2, 0) is 9.59 Å². The summed E-state index contributed by atoms with van der Waals surface area (Å²) in [5.74, 6) is -0.0827. The van der Waals surface area contributed by atoms with Gasteiger partial charge in [0.15, 0.2) is 0 Å². The Morgan fingerprint density at radius 1 is 1.17 bits per heavy atom. The van der Waals surface area contributed by atoms with Gasteiger partial charge in [0, 0.05) is 26.2 Å². The van der Waals surface area contributed by atoms with Crippen molar-refractivity contribution >= 4 is 11.8 Å². The summed E-state index contributed by atoms with van der Waals surface area (Å²) in [6.45, 7) is 4.30. The fraction of sp³-hybridized carbons (Fsp3) is 0.833. The van der Waals surface area contributed by atoms with Gasteiger partial charge < -0.3 is 16.0 Å². The molecule has 18 heavy (non-hydrogen) atoms. The third kappa shape index (κ3) is 3.43. The summed E-state index contributed by atoms with van der Waals surface area (Å²) in [6, 6.07) is 0.00712. The quantitative estimate of drug-likeness (QED) is 0.660. The maximum absolute atomic E-state index is 12.2. The Morgan fingerprint density at radius 2 is 2.00 bits per heavy atom. The SMILES string of the molecule is NC(=O)CN1CCCN(C(=O)C2CCCN2)CC1. The van der Waals surface area contributed by atoms with E-state index in [-0.39, 0.29) is 17.9 Å². The van der Waals surface area contributed by atoms with Crippen LogP contribution in [0.15, 0.2) is 0 Å². The van der Waals surface area contributed by atoms with Gasteiger partial charge in [0.05, 0.1) is 12.6 Å². The molecule has 2 aliphatic heterocycles. The Morgan fingerprint density at radius 3 is 2.67 bits per heavy atom. The average Bonchev–Trinajstić information content (AvgIpc) is 2.76. The van der Waals surface area contributed by atoms with E-state index in [4.69, 9.17) is 5.73 Å². The molecule has 0 aromatic rings. The summed E-state index contributed by atoms with van der Waals surface area (Å²) in [5.41, 5.74) is 5.20. The maximum Gasteiger partial charge on any atom is 0.239 e. The van der Waals surface area contributed by atoms with Gasteiger partial charge >= 0.3 is 0 Å². The van der Waals surface area contributed by atoms with Crippen molar-refractivity contribution in [3.8, 4) is 0 Å². The number of hydrogen-bond donors (Lipinski definition) is 2. The normalized spacial score (nSPS) is 26.0. The summed E-state index contributed by atoms with van der Waals surface area (Å²) in [7, 11) is 0. The van der Waals surface area contributed by atoms with Crippen molar-refractivity contribution in [3.05, 3.63) is 0 Å². The Kier molecular flexibility index (Phi) is 4.54. The van der Waals surface area contributed by atoms with Gasteiger partial charge in [0.2, 0.25) is 11.8 Å². The van der Waals surface area contributed by atoms with Crippen LogP contribution >= 0.6 is 0 Å². The molecule has 2 amide bonds. The van der Waals surface area contributed by atoms with Crippen molar-refractivity contribution in [2.45, 2.75) is 25.3 Å². The van der Waals surface area contributed by atoms with Crippen LogP contribution in [0.4, 0.5) is 0 Å². The lowest BCUT2D eigenvalue weighted by Crippen LogP contribution is -2.45. The van der Waals surface area contributed by atoms with Gasteiger partial charge in [-0.25, -0.2) is 0 Å². The average molecular weight is 254 g/mol. The molecule has 2 heterocycles. The number of carbonyl (C=O) groups excluding carboxylic acids is 2. The van der Waals surface area contributed by atoms with Crippen molar-refractivity contribution in [1.29, 1.82) is 0 Å². The van der Waals surface area contributed by atoms with Crippen LogP contribution in [0.1, 0.15) is 19.3 Å². The van der Waals surface area contributed by atoms with E-state index in [1.807, 2.05) is 9.80 Å². The Labute approximate surface area is 107 Å². The number of nitrogens with one attached hydrogen (secondary N) is 1. The lowest BCUT2D eigenvalue weighted by Gasteiger charge is -2.24. The summed E-state index contributed by atoms with van der Waals surface area (Å²) in [5, 5.41) is 3.24. The van der Waals surface area contributed by atoms with Crippen LogP contribution in [0.5, 0.6) is 0 Å². The number of carbonyl (C=O) groups is 2. The molecule has 6 heteroatoms. The molecular weight excluding hydrogens is 232 g/mol. The standard InChI is InChI=1S/C12H22N4O2/c13-11(17)9-15-5-2-6-16(8-7-15)12(18)10-3-1-4-14-10/h10,14H,1-9H2,(H2,13,17). The van der Waals surface area contributed by atoms with Crippen LogP contribution in [0.2, 0.25) is 0 Å². The number of nitrogens with two attached hydrogens (primary N) is 1. The molecule has 102 valence electrons. The van der Waals surface area contributed by atoms with E-state index in [2.05, 4.69) is 5.32 Å². The number of rotatable bonds is 3. The van der Waals surface area contributed by atoms with Gasteiger partial charge in [-0.3, -0.25) is 14.5 Å². The van der Waals surface area contributed by atoms with Gasteiger partial charge in [-0.05, 0) is 25.8 Å². The second-order valence-corrected chi connectivity index (χ2v) is 5.07. The first-order valence-corrected chi connectivity index (χ1v) is 6.69. The highest BCUT2D eigenvalue weighted by molar-refractivity contribution is 5.82. The third-order valence-electron chi connectivity index (χ3n) is 3.64. The lowest BCUT2D eigenvalue weighted by atomic mass is 10.2. The molecule has 0 aromatic carbocycles. The zero-order chi connectivity index (χ0) is 13.0. The van der Waals surface area contributed by atoms with Gasteiger partial charge in [-0.1, -0.05) is 0 Å². The number of nitrogens with zero attached hydrogens (tertiary/aromatic N) is 2. The van der Waals surface area contributed by atoms with Crippen molar-refractivity contribution < 1.29 is 9.59 Å². The molecular formula is C12H22N4O2. The smallest absolute Gasteiger partial charge is 0.239 e. The van der Waals surface area contributed by atoms with Crippen molar-refractivity contribution in [2.75, 3.05) is 39.3 Å². The largest absolute Gasteiger partial charge is 0.369 e. The Bertz CT molecular complexity index is 315. The van der Waals surface area contributed by atoms with Crippen LogP contribution in [0.25, 0.3) is 0 Å². The molecule has 3 N–H and O–H groups in total.